The maximum absolute atomic E-state index is 12.6. The van der Waals surface area contributed by atoms with E-state index >= 15 is 0 Å². The van der Waals surface area contributed by atoms with Crippen molar-refractivity contribution in [3.63, 3.8) is 0 Å². The molecule has 0 spiro atoms. The van der Waals surface area contributed by atoms with Gasteiger partial charge < -0.3 is 0 Å². The zero-order valence-corrected chi connectivity index (χ0v) is 13.6. The Balaban J connectivity index is 1.58. The molecule has 1 aliphatic rings. The largest absolute Gasteiger partial charge is 0.293 e. The molecule has 0 atom stereocenters. The van der Waals surface area contributed by atoms with Crippen molar-refractivity contribution in [2.45, 2.75) is 5.92 Å². The second-order valence-corrected chi connectivity index (χ2v) is 6.12. The molecule has 25 heavy (non-hydrogen) atoms. The van der Waals surface area contributed by atoms with Gasteiger partial charge in [0.25, 0.3) is 0 Å². The van der Waals surface area contributed by atoms with Crippen LogP contribution in [0.15, 0.2) is 78.9 Å². The fraction of sp³-hybridized carbons (Fsp3) is 0.0435. The van der Waals surface area contributed by atoms with Gasteiger partial charge in [-0.05, 0) is 16.7 Å². The lowest BCUT2D eigenvalue weighted by atomic mass is 9.93. The lowest BCUT2D eigenvalue weighted by Gasteiger charge is -2.07. The van der Waals surface area contributed by atoms with E-state index < -0.39 is 5.92 Å². The van der Waals surface area contributed by atoms with Gasteiger partial charge in [0.15, 0.2) is 11.6 Å². The molecule has 3 aromatic carbocycles. The van der Waals surface area contributed by atoms with Gasteiger partial charge in [-0.1, -0.05) is 91.0 Å². The minimum absolute atomic E-state index is 0.104. The van der Waals surface area contributed by atoms with Crippen molar-refractivity contribution in [3.05, 3.63) is 107 Å². The summed E-state index contributed by atoms with van der Waals surface area (Å²) >= 11 is 0. The Kier molecular flexibility index (Phi) is 3.87. The van der Waals surface area contributed by atoms with Crippen LogP contribution in [0.1, 0.15) is 43.3 Å². The molecule has 0 bridgehead atoms. The SMILES string of the molecule is O=C1c2ccccc2C(=O)C1c1ccc(/C=C/c2ccccc2)cc1. The fourth-order valence-electron chi connectivity index (χ4n) is 3.20. The predicted octanol–water partition coefficient (Wildman–Crippen LogP) is 5.02. The van der Waals surface area contributed by atoms with Crippen LogP contribution in [-0.4, -0.2) is 11.6 Å². The molecule has 0 saturated carbocycles. The summed E-state index contributed by atoms with van der Waals surface area (Å²) in [7, 11) is 0. The maximum Gasteiger partial charge on any atom is 0.178 e. The van der Waals surface area contributed by atoms with Crippen LogP contribution in [0.4, 0.5) is 0 Å². The molecule has 0 radical (unpaired) electrons. The normalized spacial score (nSPS) is 14.2. The number of hydrogen-bond donors (Lipinski definition) is 0. The van der Waals surface area contributed by atoms with Crippen LogP contribution in [0.5, 0.6) is 0 Å². The molecule has 2 heteroatoms. The molecule has 0 saturated heterocycles. The molecular formula is C23H16O2. The highest BCUT2D eigenvalue weighted by Crippen LogP contribution is 2.33. The summed E-state index contributed by atoms with van der Waals surface area (Å²) in [5, 5.41) is 0. The molecule has 0 amide bonds. The van der Waals surface area contributed by atoms with Crippen molar-refractivity contribution in [3.8, 4) is 0 Å². The summed E-state index contributed by atoms with van der Waals surface area (Å²) in [6, 6.07) is 24.7. The average Bonchev–Trinajstić information content (AvgIpc) is 2.93. The third-order valence-electron chi connectivity index (χ3n) is 4.52. The zero-order valence-electron chi connectivity index (χ0n) is 13.6. The Morgan fingerprint density at radius 3 is 1.60 bits per heavy atom. The maximum atomic E-state index is 12.6. The quantitative estimate of drug-likeness (QED) is 0.501. The number of benzene rings is 3. The number of fused-ring (bicyclic) bond motifs is 1. The second-order valence-electron chi connectivity index (χ2n) is 6.12. The van der Waals surface area contributed by atoms with Crippen LogP contribution in [-0.2, 0) is 0 Å². The van der Waals surface area contributed by atoms with E-state index in [9.17, 15) is 9.59 Å². The first-order chi connectivity index (χ1) is 12.2. The topological polar surface area (TPSA) is 34.1 Å². The molecule has 4 rings (SSSR count). The van der Waals surface area contributed by atoms with Crippen LogP contribution in [0.2, 0.25) is 0 Å². The van der Waals surface area contributed by atoms with Crippen molar-refractivity contribution in [1.82, 2.24) is 0 Å². The van der Waals surface area contributed by atoms with Crippen molar-refractivity contribution in [1.29, 1.82) is 0 Å². The van der Waals surface area contributed by atoms with Gasteiger partial charge in [-0.3, -0.25) is 9.59 Å². The highest BCUT2D eigenvalue weighted by Gasteiger charge is 2.38. The highest BCUT2D eigenvalue weighted by atomic mass is 16.2. The average molecular weight is 324 g/mol. The molecule has 0 fully saturated rings. The molecule has 0 aromatic heterocycles. The van der Waals surface area contributed by atoms with Crippen LogP contribution >= 0.6 is 0 Å². The van der Waals surface area contributed by atoms with Gasteiger partial charge in [0.1, 0.15) is 5.92 Å². The lowest BCUT2D eigenvalue weighted by molar-refractivity contribution is 0.0890. The van der Waals surface area contributed by atoms with Crippen LogP contribution in [0.25, 0.3) is 12.2 Å². The van der Waals surface area contributed by atoms with Gasteiger partial charge >= 0.3 is 0 Å². The third-order valence-corrected chi connectivity index (χ3v) is 4.52. The van der Waals surface area contributed by atoms with Crippen LogP contribution < -0.4 is 0 Å². The Morgan fingerprint density at radius 1 is 0.560 bits per heavy atom. The smallest absolute Gasteiger partial charge is 0.178 e. The summed E-state index contributed by atoms with van der Waals surface area (Å²) in [5.41, 5.74) is 3.98. The van der Waals surface area contributed by atoms with Gasteiger partial charge in [0.05, 0.1) is 0 Å². The van der Waals surface area contributed by atoms with E-state index in [0.717, 1.165) is 16.7 Å². The summed E-state index contributed by atoms with van der Waals surface area (Å²) in [6.45, 7) is 0. The minimum atomic E-state index is -0.704. The first-order valence-corrected chi connectivity index (χ1v) is 8.24. The number of Topliss-reactive ketones (excluding diaryl/α,β-unsaturated/α-hetero) is 2. The van der Waals surface area contributed by atoms with Gasteiger partial charge in [-0.25, -0.2) is 0 Å². The third kappa shape index (κ3) is 2.83. The van der Waals surface area contributed by atoms with Gasteiger partial charge in [-0.2, -0.15) is 0 Å². The number of rotatable bonds is 3. The van der Waals surface area contributed by atoms with E-state index in [4.69, 9.17) is 0 Å². The monoisotopic (exact) mass is 324 g/mol. The summed E-state index contributed by atoms with van der Waals surface area (Å²) < 4.78 is 0. The Morgan fingerprint density at radius 2 is 1.04 bits per heavy atom. The molecule has 0 heterocycles. The molecule has 2 nitrogen and oxygen atoms in total. The number of carbonyl (C=O) groups excluding carboxylic acids is 2. The van der Waals surface area contributed by atoms with E-state index in [1.165, 1.54) is 0 Å². The van der Waals surface area contributed by atoms with E-state index in [0.29, 0.717) is 11.1 Å². The van der Waals surface area contributed by atoms with E-state index in [1.54, 1.807) is 24.3 Å². The summed E-state index contributed by atoms with van der Waals surface area (Å²) in [4.78, 5) is 25.1. The highest BCUT2D eigenvalue weighted by molar-refractivity contribution is 6.29. The van der Waals surface area contributed by atoms with E-state index in [1.807, 2.05) is 66.7 Å². The number of carbonyl (C=O) groups is 2. The second kappa shape index (κ2) is 6.33. The van der Waals surface area contributed by atoms with Crippen LogP contribution in [0.3, 0.4) is 0 Å². The van der Waals surface area contributed by atoms with Crippen LogP contribution in [0, 0.1) is 0 Å². The lowest BCUT2D eigenvalue weighted by Crippen LogP contribution is -2.12. The summed E-state index contributed by atoms with van der Waals surface area (Å²) in [6.07, 6.45) is 4.06. The Hall–Kier alpha value is -3.26. The zero-order chi connectivity index (χ0) is 17.2. The minimum Gasteiger partial charge on any atom is -0.293 e. The molecule has 1 aliphatic carbocycles. The molecule has 0 aliphatic heterocycles. The Bertz CT molecular complexity index is 931. The molecular weight excluding hydrogens is 308 g/mol. The van der Waals surface area contributed by atoms with Crippen molar-refractivity contribution >= 4 is 23.7 Å². The van der Waals surface area contributed by atoms with Crippen molar-refractivity contribution in [2.75, 3.05) is 0 Å². The van der Waals surface area contributed by atoms with Gasteiger partial charge in [0.2, 0.25) is 0 Å². The summed E-state index contributed by atoms with van der Waals surface area (Å²) in [5.74, 6) is -0.911. The molecule has 0 unspecified atom stereocenters. The van der Waals surface area contributed by atoms with Crippen molar-refractivity contribution < 1.29 is 9.59 Å². The molecule has 0 N–H and O–H groups in total. The van der Waals surface area contributed by atoms with Crippen molar-refractivity contribution in [2.24, 2.45) is 0 Å². The van der Waals surface area contributed by atoms with E-state index in [2.05, 4.69) is 0 Å². The number of hydrogen-bond acceptors (Lipinski definition) is 2. The van der Waals surface area contributed by atoms with E-state index in [-0.39, 0.29) is 11.6 Å². The first-order valence-electron chi connectivity index (χ1n) is 8.24. The fourth-order valence-corrected chi connectivity index (χ4v) is 3.20. The predicted molar refractivity (Wildman–Crippen MR) is 99.7 cm³/mol. The number of ketones is 2. The van der Waals surface area contributed by atoms with Gasteiger partial charge in [-0.15, -0.1) is 0 Å². The van der Waals surface area contributed by atoms with Gasteiger partial charge in [0, 0.05) is 11.1 Å². The Labute approximate surface area is 146 Å². The first kappa shape index (κ1) is 15.3. The standard InChI is InChI=1S/C23H16O2/c24-22-19-8-4-5-9-20(19)23(25)21(22)18-14-12-17(13-15-18)11-10-16-6-2-1-3-7-16/h1-15,21H/b11-10+. The molecule has 3 aromatic rings. The molecule has 120 valence electrons.